The number of carbonyl (C=O) groups is 2. The molecule has 0 spiro atoms. The Bertz CT molecular complexity index is 313. The molecule has 2 N–H and O–H groups in total. The SMILES string of the molecule is CC(=O)NC(CC1CSC(=O)S1)C(F)(F)F.CCO. The lowest BCUT2D eigenvalue weighted by Crippen LogP contribution is -2.46. The highest BCUT2D eigenvalue weighted by atomic mass is 32.2. The van der Waals surface area contributed by atoms with Gasteiger partial charge in [0.25, 0.3) is 0 Å². The fourth-order valence-electron chi connectivity index (χ4n) is 1.26. The topological polar surface area (TPSA) is 66.4 Å². The normalized spacial score (nSPS) is 20.5. The van der Waals surface area contributed by atoms with Crippen LogP contribution in [0.1, 0.15) is 20.3 Å². The van der Waals surface area contributed by atoms with Gasteiger partial charge in [0.1, 0.15) is 6.04 Å². The number of hydrogen-bond donors (Lipinski definition) is 2. The molecule has 0 saturated carbocycles. The lowest BCUT2D eigenvalue weighted by molar-refractivity contribution is -0.162. The molecule has 19 heavy (non-hydrogen) atoms. The third-order valence-electron chi connectivity index (χ3n) is 1.92. The highest BCUT2D eigenvalue weighted by Gasteiger charge is 2.42. The quantitative estimate of drug-likeness (QED) is 0.836. The first-order valence-electron chi connectivity index (χ1n) is 5.48. The Morgan fingerprint density at radius 3 is 2.42 bits per heavy atom. The van der Waals surface area contributed by atoms with E-state index in [1.807, 2.05) is 5.32 Å². The van der Waals surface area contributed by atoms with Crippen molar-refractivity contribution in [1.29, 1.82) is 0 Å². The minimum absolute atomic E-state index is 0.159. The van der Waals surface area contributed by atoms with E-state index in [1.165, 1.54) is 0 Å². The van der Waals surface area contributed by atoms with Gasteiger partial charge in [-0.05, 0) is 13.3 Å². The first kappa shape index (κ1) is 18.6. The summed E-state index contributed by atoms with van der Waals surface area (Å²) in [5.41, 5.74) is 0. The fraction of sp³-hybridized carbons (Fsp3) is 0.800. The van der Waals surface area contributed by atoms with Crippen molar-refractivity contribution in [2.24, 2.45) is 0 Å². The van der Waals surface area contributed by atoms with Crippen LogP contribution in [0.2, 0.25) is 0 Å². The standard InChI is InChI=1S/C8H10F3NO2S2.C2H6O/c1-4(13)12-6(8(9,10)11)2-5-3-15-7(14)16-5;1-2-3/h5-6H,2-3H2,1H3,(H,12,13);3H,2H2,1H3. The molecule has 1 aliphatic heterocycles. The molecule has 4 nitrogen and oxygen atoms in total. The van der Waals surface area contributed by atoms with Crippen LogP contribution in [-0.4, -0.2) is 45.3 Å². The first-order chi connectivity index (χ1) is 8.70. The maximum atomic E-state index is 12.5. The second kappa shape index (κ2) is 8.70. The van der Waals surface area contributed by atoms with Crippen molar-refractivity contribution in [2.75, 3.05) is 12.4 Å². The fourth-order valence-corrected chi connectivity index (χ4v) is 3.64. The number of alkyl halides is 3. The average Bonchev–Trinajstić information content (AvgIpc) is 2.62. The average molecular weight is 319 g/mol. The Morgan fingerprint density at radius 2 is 2.11 bits per heavy atom. The smallest absolute Gasteiger partial charge is 0.397 e. The molecule has 112 valence electrons. The van der Waals surface area contributed by atoms with Gasteiger partial charge in [-0.2, -0.15) is 13.2 Å². The van der Waals surface area contributed by atoms with Crippen molar-refractivity contribution < 1.29 is 27.9 Å². The van der Waals surface area contributed by atoms with E-state index in [0.717, 1.165) is 30.4 Å². The zero-order chi connectivity index (χ0) is 15.1. The summed E-state index contributed by atoms with van der Waals surface area (Å²) in [5.74, 6) is -0.348. The third kappa shape index (κ3) is 8.38. The van der Waals surface area contributed by atoms with E-state index in [4.69, 9.17) is 5.11 Å². The summed E-state index contributed by atoms with van der Waals surface area (Å²) in [4.78, 5) is 21.5. The van der Waals surface area contributed by atoms with Crippen molar-refractivity contribution in [3.8, 4) is 0 Å². The molecule has 0 aromatic rings. The molecule has 1 heterocycles. The number of amides is 1. The number of aliphatic hydroxyl groups excluding tert-OH is 1. The van der Waals surface area contributed by atoms with E-state index < -0.39 is 18.1 Å². The lowest BCUT2D eigenvalue weighted by atomic mass is 10.1. The van der Waals surface area contributed by atoms with Crippen molar-refractivity contribution in [3.63, 3.8) is 0 Å². The Hall–Kier alpha value is -0.410. The molecule has 1 saturated heterocycles. The number of rotatable bonds is 3. The Kier molecular flexibility index (Phi) is 8.51. The number of aliphatic hydroxyl groups is 1. The van der Waals surface area contributed by atoms with Crippen LogP contribution in [0.25, 0.3) is 0 Å². The minimum atomic E-state index is -4.47. The molecule has 9 heteroatoms. The van der Waals surface area contributed by atoms with E-state index >= 15 is 0 Å². The van der Waals surface area contributed by atoms with Crippen molar-refractivity contribution in [3.05, 3.63) is 0 Å². The molecule has 0 aliphatic carbocycles. The molecule has 0 radical (unpaired) electrons. The highest BCUT2D eigenvalue weighted by Crippen LogP contribution is 2.37. The summed E-state index contributed by atoms with van der Waals surface area (Å²) in [5, 5.41) is 9.05. The van der Waals surface area contributed by atoms with Gasteiger partial charge in [-0.15, -0.1) is 0 Å². The largest absolute Gasteiger partial charge is 0.408 e. The monoisotopic (exact) mass is 319 g/mol. The van der Waals surface area contributed by atoms with E-state index in [2.05, 4.69) is 0 Å². The van der Waals surface area contributed by atoms with Crippen LogP contribution in [0.3, 0.4) is 0 Å². The Labute approximate surface area is 117 Å². The molecule has 1 aliphatic rings. The first-order valence-corrected chi connectivity index (χ1v) is 7.35. The second-order valence-corrected chi connectivity index (χ2v) is 6.17. The van der Waals surface area contributed by atoms with Crippen LogP contribution in [0.15, 0.2) is 0 Å². The molecule has 0 aromatic carbocycles. The zero-order valence-corrected chi connectivity index (χ0v) is 12.1. The molecule has 0 bridgehead atoms. The van der Waals surface area contributed by atoms with Crippen LogP contribution in [0.4, 0.5) is 18.0 Å². The van der Waals surface area contributed by atoms with Crippen molar-refractivity contribution in [2.45, 2.75) is 37.7 Å². The predicted molar refractivity (Wildman–Crippen MR) is 70.3 cm³/mol. The summed E-state index contributed by atoms with van der Waals surface area (Å²) in [6.07, 6.45) is -4.73. The summed E-state index contributed by atoms with van der Waals surface area (Å²) in [6.45, 7) is 2.97. The van der Waals surface area contributed by atoms with Crippen LogP contribution in [-0.2, 0) is 4.79 Å². The van der Waals surface area contributed by atoms with Crippen molar-refractivity contribution >= 4 is 33.9 Å². The summed E-state index contributed by atoms with van der Waals surface area (Å²) < 4.78 is 37.4. The van der Waals surface area contributed by atoms with E-state index in [0.29, 0.717) is 5.75 Å². The van der Waals surface area contributed by atoms with Gasteiger partial charge in [0.05, 0.1) is 0 Å². The van der Waals surface area contributed by atoms with E-state index in [-0.39, 0.29) is 22.7 Å². The zero-order valence-electron chi connectivity index (χ0n) is 10.5. The van der Waals surface area contributed by atoms with Gasteiger partial charge in [0.15, 0.2) is 0 Å². The van der Waals surface area contributed by atoms with Crippen molar-refractivity contribution in [1.82, 2.24) is 5.32 Å². The van der Waals surface area contributed by atoms with Gasteiger partial charge >= 0.3 is 6.18 Å². The number of thioether (sulfide) groups is 2. The van der Waals surface area contributed by atoms with E-state index in [9.17, 15) is 22.8 Å². The van der Waals surface area contributed by atoms with E-state index in [1.54, 1.807) is 6.92 Å². The predicted octanol–water partition coefficient (Wildman–Crippen LogP) is 2.41. The van der Waals surface area contributed by atoms with Gasteiger partial charge in [-0.25, -0.2) is 0 Å². The molecule has 2 unspecified atom stereocenters. The van der Waals surface area contributed by atoms with Gasteiger partial charge < -0.3 is 10.4 Å². The van der Waals surface area contributed by atoms with Crippen LogP contribution in [0, 0.1) is 0 Å². The van der Waals surface area contributed by atoms with Gasteiger partial charge in [0.2, 0.25) is 10.4 Å². The molecular formula is C10H16F3NO3S2. The number of halogens is 3. The molecule has 1 rings (SSSR count). The van der Waals surface area contributed by atoms with Crippen LogP contribution in [0.5, 0.6) is 0 Å². The lowest BCUT2D eigenvalue weighted by Gasteiger charge is -2.22. The number of nitrogens with one attached hydrogen (secondary N) is 1. The van der Waals surface area contributed by atoms with Gasteiger partial charge in [-0.1, -0.05) is 23.5 Å². The maximum Gasteiger partial charge on any atom is 0.408 e. The third-order valence-corrected chi connectivity index (χ3v) is 4.46. The molecular weight excluding hydrogens is 303 g/mol. The second-order valence-electron chi connectivity index (χ2n) is 3.65. The van der Waals surface area contributed by atoms with Gasteiger partial charge in [0, 0.05) is 24.5 Å². The summed E-state index contributed by atoms with van der Waals surface area (Å²) in [6, 6.07) is -1.87. The highest BCUT2D eigenvalue weighted by molar-refractivity contribution is 8.41. The summed E-state index contributed by atoms with van der Waals surface area (Å²) in [7, 11) is 0. The Balaban J connectivity index is 0.000000982. The summed E-state index contributed by atoms with van der Waals surface area (Å²) >= 11 is 1.93. The Morgan fingerprint density at radius 1 is 1.58 bits per heavy atom. The molecule has 1 fully saturated rings. The molecule has 2 atom stereocenters. The molecule has 0 aromatic heterocycles. The van der Waals surface area contributed by atoms with Crippen LogP contribution >= 0.6 is 23.5 Å². The number of carbonyl (C=O) groups excluding carboxylic acids is 2. The molecule has 1 amide bonds. The van der Waals surface area contributed by atoms with Gasteiger partial charge in [-0.3, -0.25) is 9.59 Å². The van der Waals surface area contributed by atoms with Crippen LogP contribution < -0.4 is 5.32 Å². The maximum absolute atomic E-state index is 12.5. The minimum Gasteiger partial charge on any atom is -0.397 e. The number of hydrogen-bond acceptors (Lipinski definition) is 5.